The second-order valence-electron chi connectivity index (χ2n) is 3.30. The van der Waals surface area contributed by atoms with Gasteiger partial charge in [0.05, 0.1) is 0 Å². The molecule has 0 fully saturated rings. The van der Waals surface area contributed by atoms with E-state index in [0.29, 0.717) is 12.3 Å². The van der Waals surface area contributed by atoms with Crippen molar-refractivity contribution in [1.82, 2.24) is 0 Å². The zero-order chi connectivity index (χ0) is 9.52. The van der Waals surface area contributed by atoms with Gasteiger partial charge in [0.2, 0.25) is 0 Å². The van der Waals surface area contributed by atoms with Crippen molar-refractivity contribution in [2.75, 3.05) is 0 Å². The van der Waals surface area contributed by atoms with E-state index in [1.54, 1.807) is 0 Å². The molecule has 0 saturated carbocycles. The summed E-state index contributed by atoms with van der Waals surface area (Å²) in [5.41, 5.74) is 1.29. The monoisotopic (exact) mass is 176 g/mol. The van der Waals surface area contributed by atoms with Gasteiger partial charge in [-0.1, -0.05) is 43.7 Å². The van der Waals surface area contributed by atoms with E-state index < -0.39 is 0 Å². The first-order valence-electron chi connectivity index (χ1n) is 4.87. The quantitative estimate of drug-likeness (QED) is 0.630. The molecular formula is C12H16O. The van der Waals surface area contributed by atoms with Gasteiger partial charge in [-0.25, -0.2) is 0 Å². The van der Waals surface area contributed by atoms with Crippen molar-refractivity contribution in [3.05, 3.63) is 35.9 Å². The van der Waals surface area contributed by atoms with Crippen molar-refractivity contribution in [3.63, 3.8) is 0 Å². The molecule has 0 heterocycles. The molecule has 0 N–H and O–H groups in total. The van der Waals surface area contributed by atoms with Gasteiger partial charge in [0.25, 0.3) is 0 Å². The van der Waals surface area contributed by atoms with E-state index in [1.807, 2.05) is 18.2 Å². The molecule has 70 valence electrons. The molecule has 0 bridgehead atoms. The molecular weight excluding hydrogens is 160 g/mol. The SMILES string of the molecule is CCCC(CC=O)c1ccccc1. The third-order valence-electron chi connectivity index (χ3n) is 2.29. The van der Waals surface area contributed by atoms with Crippen LogP contribution in [0.4, 0.5) is 0 Å². The van der Waals surface area contributed by atoms with Crippen LogP contribution >= 0.6 is 0 Å². The number of hydrogen-bond acceptors (Lipinski definition) is 1. The zero-order valence-electron chi connectivity index (χ0n) is 8.07. The van der Waals surface area contributed by atoms with Gasteiger partial charge in [-0.05, 0) is 17.9 Å². The van der Waals surface area contributed by atoms with Crippen LogP contribution in [0.5, 0.6) is 0 Å². The molecule has 1 unspecified atom stereocenters. The van der Waals surface area contributed by atoms with Crippen LogP contribution in [-0.2, 0) is 4.79 Å². The lowest BCUT2D eigenvalue weighted by Gasteiger charge is -2.12. The smallest absolute Gasteiger partial charge is 0.120 e. The number of carbonyl (C=O) groups is 1. The molecule has 0 aromatic heterocycles. The van der Waals surface area contributed by atoms with Crippen LogP contribution in [0, 0.1) is 0 Å². The molecule has 1 rings (SSSR count). The van der Waals surface area contributed by atoms with Crippen molar-refractivity contribution in [1.29, 1.82) is 0 Å². The van der Waals surface area contributed by atoms with E-state index in [2.05, 4.69) is 19.1 Å². The van der Waals surface area contributed by atoms with Crippen LogP contribution in [0.1, 0.15) is 37.7 Å². The summed E-state index contributed by atoms with van der Waals surface area (Å²) in [6, 6.07) is 10.3. The summed E-state index contributed by atoms with van der Waals surface area (Å²) in [6.45, 7) is 2.15. The van der Waals surface area contributed by atoms with E-state index in [0.717, 1.165) is 19.1 Å². The Morgan fingerprint density at radius 2 is 2.00 bits per heavy atom. The first-order chi connectivity index (χ1) is 6.38. The lowest BCUT2D eigenvalue weighted by molar-refractivity contribution is -0.108. The molecule has 1 aromatic carbocycles. The molecule has 0 amide bonds. The fourth-order valence-electron chi connectivity index (χ4n) is 1.61. The van der Waals surface area contributed by atoms with E-state index >= 15 is 0 Å². The molecule has 0 saturated heterocycles. The van der Waals surface area contributed by atoms with Gasteiger partial charge in [0, 0.05) is 6.42 Å². The summed E-state index contributed by atoms with van der Waals surface area (Å²) < 4.78 is 0. The number of hydrogen-bond donors (Lipinski definition) is 0. The number of benzene rings is 1. The van der Waals surface area contributed by atoms with Crippen molar-refractivity contribution in [3.8, 4) is 0 Å². The van der Waals surface area contributed by atoms with Gasteiger partial charge in [-0.3, -0.25) is 0 Å². The van der Waals surface area contributed by atoms with E-state index in [1.165, 1.54) is 5.56 Å². The summed E-state index contributed by atoms with van der Waals surface area (Å²) in [7, 11) is 0. The highest BCUT2D eigenvalue weighted by molar-refractivity contribution is 5.51. The van der Waals surface area contributed by atoms with E-state index in [4.69, 9.17) is 0 Å². The van der Waals surface area contributed by atoms with Gasteiger partial charge >= 0.3 is 0 Å². The molecule has 1 aromatic rings. The Labute approximate surface area is 79.8 Å². The topological polar surface area (TPSA) is 17.1 Å². The third-order valence-corrected chi connectivity index (χ3v) is 2.29. The first-order valence-corrected chi connectivity index (χ1v) is 4.87. The third kappa shape index (κ3) is 3.02. The maximum Gasteiger partial charge on any atom is 0.120 e. The van der Waals surface area contributed by atoms with Crippen LogP contribution < -0.4 is 0 Å². The lowest BCUT2D eigenvalue weighted by Crippen LogP contribution is -1.98. The fourth-order valence-corrected chi connectivity index (χ4v) is 1.61. The highest BCUT2D eigenvalue weighted by Crippen LogP contribution is 2.23. The minimum Gasteiger partial charge on any atom is -0.303 e. The van der Waals surface area contributed by atoms with Gasteiger partial charge < -0.3 is 4.79 Å². The highest BCUT2D eigenvalue weighted by Gasteiger charge is 2.08. The van der Waals surface area contributed by atoms with Crippen molar-refractivity contribution in [2.24, 2.45) is 0 Å². The van der Waals surface area contributed by atoms with Gasteiger partial charge in [-0.2, -0.15) is 0 Å². The normalized spacial score (nSPS) is 12.4. The minimum absolute atomic E-state index is 0.420. The van der Waals surface area contributed by atoms with Crippen LogP contribution in [0.25, 0.3) is 0 Å². The second kappa shape index (κ2) is 5.52. The Morgan fingerprint density at radius 3 is 2.54 bits per heavy atom. The summed E-state index contributed by atoms with van der Waals surface area (Å²) in [6.07, 6.45) is 3.90. The van der Waals surface area contributed by atoms with Crippen LogP contribution in [0.2, 0.25) is 0 Å². The highest BCUT2D eigenvalue weighted by atomic mass is 16.1. The molecule has 0 aliphatic heterocycles. The van der Waals surface area contributed by atoms with Gasteiger partial charge in [0.15, 0.2) is 0 Å². The molecule has 1 heteroatoms. The Bertz CT molecular complexity index is 241. The fraction of sp³-hybridized carbons (Fsp3) is 0.417. The van der Waals surface area contributed by atoms with Crippen molar-refractivity contribution >= 4 is 6.29 Å². The zero-order valence-corrected chi connectivity index (χ0v) is 8.07. The maximum atomic E-state index is 10.5. The van der Waals surface area contributed by atoms with Crippen LogP contribution in [-0.4, -0.2) is 6.29 Å². The van der Waals surface area contributed by atoms with E-state index in [-0.39, 0.29) is 0 Å². The summed E-state index contributed by atoms with van der Waals surface area (Å²) in [5.74, 6) is 0.420. The maximum absolute atomic E-state index is 10.5. The molecule has 0 aliphatic rings. The Morgan fingerprint density at radius 1 is 1.31 bits per heavy atom. The Hall–Kier alpha value is -1.11. The average Bonchev–Trinajstić information content (AvgIpc) is 2.19. The van der Waals surface area contributed by atoms with Gasteiger partial charge in [0.1, 0.15) is 6.29 Å². The van der Waals surface area contributed by atoms with Crippen molar-refractivity contribution in [2.45, 2.75) is 32.1 Å². The summed E-state index contributed by atoms with van der Waals surface area (Å²) in [5, 5.41) is 0. The van der Waals surface area contributed by atoms with E-state index in [9.17, 15) is 4.79 Å². The predicted octanol–water partition coefficient (Wildman–Crippen LogP) is 3.16. The second-order valence-corrected chi connectivity index (χ2v) is 3.30. The molecule has 13 heavy (non-hydrogen) atoms. The lowest BCUT2D eigenvalue weighted by atomic mass is 9.92. The molecule has 1 nitrogen and oxygen atoms in total. The Balaban J connectivity index is 2.69. The summed E-state index contributed by atoms with van der Waals surface area (Å²) >= 11 is 0. The number of aldehydes is 1. The first kappa shape index (κ1) is 9.97. The number of rotatable bonds is 5. The average molecular weight is 176 g/mol. The largest absolute Gasteiger partial charge is 0.303 e. The summed E-state index contributed by atoms with van der Waals surface area (Å²) in [4.78, 5) is 10.5. The molecule has 0 aliphatic carbocycles. The predicted molar refractivity (Wildman–Crippen MR) is 54.8 cm³/mol. The van der Waals surface area contributed by atoms with Gasteiger partial charge in [-0.15, -0.1) is 0 Å². The Kier molecular flexibility index (Phi) is 4.24. The minimum atomic E-state index is 0.420. The molecule has 0 radical (unpaired) electrons. The standard InChI is InChI=1S/C12H16O/c1-2-6-11(9-10-13)12-7-4-3-5-8-12/h3-5,7-8,10-11H,2,6,9H2,1H3. The van der Waals surface area contributed by atoms with Crippen molar-refractivity contribution < 1.29 is 4.79 Å². The van der Waals surface area contributed by atoms with Crippen LogP contribution in [0.3, 0.4) is 0 Å². The van der Waals surface area contributed by atoms with Crippen LogP contribution in [0.15, 0.2) is 30.3 Å². The molecule has 0 spiro atoms. The molecule has 1 atom stereocenters. The number of carbonyl (C=O) groups excluding carboxylic acids is 1.